The fourth-order valence-corrected chi connectivity index (χ4v) is 6.13. The first-order valence-electron chi connectivity index (χ1n) is 12.8. The molecule has 0 radical (unpaired) electrons. The highest BCUT2D eigenvalue weighted by Gasteiger charge is 2.40. The molecule has 0 bridgehead atoms. The third-order valence-corrected chi connectivity index (χ3v) is 8.37. The van der Waals surface area contributed by atoms with Crippen molar-refractivity contribution in [2.75, 3.05) is 20.3 Å². The number of carbonyl (C=O) groups is 1. The number of rotatable bonds is 8. The number of pyridine rings is 1. The summed E-state index contributed by atoms with van der Waals surface area (Å²) < 4.78 is 58.5. The van der Waals surface area contributed by atoms with Gasteiger partial charge >= 0.3 is 6.18 Å². The Morgan fingerprint density at radius 1 is 1.10 bits per heavy atom. The molecular formula is C29H32F3N3O4S. The van der Waals surface area contributed by atoms with E-state index < -0.39 is 40.4 Å². The highest BCUT2D eigenvalue weighted by atomic mass is 32.2. The summed E-state index contributed by atoms with van der Waals surface area (Å²) in [6.45, 7) is 4.05. The molecule has 0 saturated heterocycles. The standard InChI is InChI=1S/C29H32F3N3O4S/c1-28(2,3)40(38)35-16-21-15-23(27(37)33-17-29(30,31)32)34-26(25(21)24(35)11-12-36)20-9-5-7-18(13-20)19-8-6-10-22(14-19)39-4/h5-10,13-15,24,36H,11-12,16-17H2,1-4H3,(H,33,37)/t24-,40-/m0/s1. The van der Waals surface area contributed by atoms with Crippen LogP contribution < -0.4 is 10.1 Å². The second-order valence-electron chi connectivity index (χ2n) is 10.5. The van der Waals surface area contributed by atoms with Crippen LogP contribution in [-0.2, 0) is 17.5 Å². The quantitative estimate of drug-likeness (QED) is 0.375. The van der Waals surface area contributed by atoms with Gasteiger partial charge in [-0.1, -0.05) is 30.3 Å². The fraction of sp³-hybridized carbons (Fsp3) is 0.379. The Kier molecular flexibility index (Phi) is 8.67. The highest BCUT2D eigenvalue weighted by Crippen LogP contribution is 2.44. The Morgan fingerprint density at radius 3 is 2.38 bits per heavy atom. The number of nitrogens with one attached hydrogen (secondary N) is 1. The molecule has 2 heterocycles. The van der Waals surface area contributed by atoms with Crippen molar-refractivity contribution < 1.29 is 32.0 Å². The van der Waals surface area contributed by atoms with E-state index in [0.717, 1.165) is 11.1 Å². The number of alkyl halides is 3. The smallest absolute Gasteiger partial charge is 0.405 e. The highest BCUT2D eigenvalue weighted by molar-refractivity contribution is 7.84. The zero-order chi connectivity index (χ0) is 29.2. The lowest BCUT2D eigenvalue weighted by Crippen LogP contribution is -2.36. The van der Waals surface area contributed by atoms with Crippen LogP contribution in [0.5, 0.6) is 5.75 Å². The number of benzene rings is 2. The van der Waals surface area contributed by atoms with Crippen LogP contribution in [0.25, 0.3) is 22.4 Å². The number of amides is 1. The van der Waals surface area contributed by atoms with Gasteiger partial charge in [0.05, 0.1) is 23.6 Å². The topological polar surface area (TPSA) is 91.8 Å². The van der Waals surface area contributed by atoms with E-state index in [1.807, 2.05) is 74.6 Å². The van der Waals surface area contributed by atoms with E-state index in [4.69, 9.17) is 4.74 Å². The largest absolute Gasteiger partial charge is 0.497 e. The average Bonchev–Trinajstić information content (AvgIpc) is 3.28. The molecule has 2 aromatic carbocycles. The van der Waals surface area contributed by atoms with E-state index in [2.05, 4.69) is 4.98 Å². The normalized spacial score (nSPS) is 16.4. The Morgan fingerprint density at radius 2 is 1.75 bits per heavy atom. The maximum Gasteiger partial charge on any atom is 0.405 e. The molecule has 0 saturated carbocycles. The van der Waals surface area contributed by atoms with Crippen LogP contribution >= 0.6 is 0 Å². The molecule has 1 amide bonds. The molecule has 11 heteroatoms. The molecule has 40 heavy (non-hydrogen) atoms. The number of aliphatic hydroxyl groups excluding tert-OH is 1. The summed E-state index contributed by atoms with van der Waals surface area (Å²) in [5.41, 5.74) is 3.90. The molecule has 0 spiro atoms. The molecule has 2 atom stereocenters. The second kappa shape index (κ2) is 11.7. The monoisotopic (exact) mass is 575 g/mol. The Bertz CT molecular complexity index is 1420. The molecule has 3 aromatic rings. The number of carbonyl (C=O) groups excluding carboxylic acids is 1. The van der Waals surface area contributed by atoms with Crippen molar-refractivity contribution in [1.82, 2.24) is 14.6 Å². The number of fused-ring (bicyclic) bond motifs is 1. The number of nitrogens with zero attached hydrogens (tertiary/aromatic N) is 2. The number of halogens is 3. The first-order chi connectivity index (χ1) is 18.8. The summed E-state index contributed by atoms with van der Waals surface area (Å²) >= 11 is 0. The third-order valence-electron chi connectivity index (χ3n) is 6.51. The summed E-state index contributed by atoms with van der Waals surface area (Å²) in [7, 11) is 0.102. The minimum atomic E-state index is -4.58. The number of ether oxygens (including phenoxy) is 1. The van der Waals surface area contributed by atoms with Gasteiger partial charge in [0.25, 0.3) is 5.91 Å². The van der Waals surface area contributed by atoms with Gasteiger partial charge < -0.3 is 15.2 Å². The van der Waals surface area contributed by atoms with Crippen LogP contribution in [0.15, 0.2) is 54.6 Å². The zero-order valence-corrected chi connectivity index (χ0v) is 23.5. The third kappa shape index (κ3) is 6.54. The van der Waals surface area contributed by atoms with E-state index in [0.29, 0.717) is 28.1 Å². The van der Waals surface area contributed by atoms with Crippen molar-refractivity contribution in [2.45, 2.75) is 50.7 Å². The van der Waals surface area contributed by atoms with Crippen LogP contribution in [0.4, 0.5) is 13.2 Å². The van der Waals surface area contributed by atoms with E-state index in [9.17, 15) is 27.3 Å². The Labute approximate surface area is 234 Å². The van der Waals surface area contributed by atoms with E-state index in [1.54, 1.807) is 11.4 Å². The molecular weight excluding hydrogens is 543 g/mol. The molecule has 1 aromatic heterocycles. The minimum absolute atomic E-state index is 0.170. The van der Waals surface area contributed by atoms with Gasteiger partial charge in [0.2, 0.25) is 0 Å². The SMILES string of the molecule is COc1cccc(-c2cccc(-c3nc(C(=O)NCC(F)(F)F)cc4c3[C@H](CCO)N([S@@](=O)C(C)(C)C)C4)c2)c1. The first-order valence-corrected chi connectivity index (χ1v) is 13.9. The lowest BCUT2D eigenvalue weighted by molar-refractivity contribution is -0.123. The van der Waals surface area contributed by atoms with Crippen LogP contribution in [0.1, 0.15) is 54.8 Å². The predicted molar refractivity (Wildman–Crippen MR) is 148 cm³/mol. The van der Waals surface area contributed by atoms with Crippen LogP contribution in [-0.4, -0.2) is 55.7 Å². The number of hydrogen-bond donors (Lipinski definition) is 2. The van der Waals surface area contributed by atoms with E-state index >= 15 is 0 Å². The molecule has 7 nitrogen and oxygen atoms in total. The van der Waals surface area contributed by atoms with Crippen molar-refractivity contribution in [3.8, 4) is 28.1 Å². The maximum atomic E-state index is 13.5. The Hall–Kier alpha value is -3.28. The molecule has 1 aliphatic heterocycles. The molecule has 214 valence electrons. The predicted octanol–water partition coefficient (Wildman–Crippen LogP) is 5.42. The summed E-state index contributed by atoms with van der Waals surface area (Å²) in [6.07, 6.45) is -4.31. The van der Waals surface area contributed by atoms with Crippen molar-refractivity contribution in [3.63, 3.8) is 0 Å². The van der Waals surface area contributed by atoms with Crippen molar-refractivity contribution in [3.05, 3.63) is 71.4 Å². The van der Waals surface area contributed by atoms with Crippen LogP contribution in [0.3, 0.4) is 0 Å². The zero-order valence-electron chi connectivity index (χ0n) is 22.7. The fourth-order valence-electron chi connectivity index (χ4n) is 4.73. The van der Waals surface area contributed by atoms with Gasteiger partial charge in [-0.3, -0.25) is 4.79 Å². The number of hydrogen-bond acceptors (Lipinski definition) is 5. The van der Waals surface area contributed by atoms with Crippen molar-refractivity contribution in [2.24, 2.45) is 0 Å². The molecule has 0 aliphatic carbocycles. The van der Waals surface area contributed by atoms with Gasteiger partial charge in [-0.05, 0) is 68.1 Å². The maximum absolute atomic E-state index is 13.5. The first kappa shape index (κ1) is 29.7. The van der Waals surface area contributed by atoms with E-state index in [-0.39, 0.29) is 25.3 Å². The van der Waals surface area contributed by atoms with Gasteiger partial charge in [-0.15, -0.1) is 0 Å². The van der Waals surface area contributed by atoms with Crippen LogP contribution in [0, 0.1) is 0 Å². The summed E-state index contributed by atoms with van der Waals surface area (Å²) in [6, 6.07) is 15.9. The minimum Gasteiger partial charge on any atom is -0.497 e. The van der Waals surface area contributed by atoms with Gasteiger partial charge in [-0.2, -0.15) is 13.2 Å². The lowest BCUT2D eigenvalue weighted by atomic mass is 9.94. The van der Waals surface area contributed by atoms with Gasteiger partial charge in [0, 0.05) is 24.3 Å². The summed E-state index contributed by atoms with van der Waals surface area (Å²) in [5.74, 6) is -0.284. The average molecular weight is 576 g/mol. The molecule has 4 rings (SSSR count). The molecule has 1 aliphatic rings. The van der Waals surface area contributed by atoms with Crippen molar-refractivity contribution in [1.29, 1.82) is 0 Å². The second-order valence-corrected chi connectivity index (χ2v) is 12.7. The van der Waals surface area contributed by atoms with Crippen molar-refractivity contribution >= 4 is 16.9 Å². The number of aliphatic hydroxyl groups is 1. The molecule has 2 N–H and O–H groups in total. The summed E-state index contributed by atoms with van der Waals surface area (Å²) in [4.78, 5) is 17.4. The number of methoxy groups -OCH3 is 1. The summed E-state index contributed by atoms with van der Waals surface area (Å²) in [5, 5.41) is 11.8. The molecule has 0 fully saturated rings. The van der Waals surface area contributed by atoms with Gasteiger partial charge in [0.1, 0.15) is 29.0 Å². The molecule has 0 unspecified atom stereocenters. The van der Waals surface area contributed by atoms with E-state index in [1.165, 1.54) is 6.07 Å². The van der Waals surface area contributed by atoms with Crippen LogP contribution in [0.2, 0.25) is 0 Å². The van der Waals surface area contributed by atoms with Gasteiger partial charge in [0.15, 0.2) is 0 Å². The van der Waals surface area contributed by atoms with Gasteiger partial charge in [-0.25, -0.2) is 13.5 Å². The lowest BCUT2D eigenvalue weighted by Gasteiger charge is -2.30. The number of aromatic nitrogens is 1. The Balaban J connectivity index is 1.87.